The molecule has 3 nitrogen and oxygen atoms in total. The van der Waals surface area contributed by atoms with Gasteiger partial charge in [0.15, 0.2) is 0 Å². The van der Waals surface area contributed by atoms with Crippen LogP contribution in [0.5, 0.6) is 0 Å². The number of nitrogens with zero attached hydrogens (tertiary/aromatic N) is 2. The molecule has 0 aliphatic carbocycles. The van der Waals surface area contributed by atoms with Gasteiger partial charge in [-0.15, -0.1) is 0 Å². The van der Waals surface area contributed by atoms with E-state index in [4.69, 9.17) is 0 Å². The first-order chi connectivity index (χ1) is 10.3. The number of hydrogen-bond donors (Lipinski definition) is 0. The zero-order chi connectivity index (χ0) is 16.7. The minimum Gasteiger partial charge on any atom is -0.333 e. The first kappa shape index (κ1) is 18.3. The molecule has 0 unspecified atom stereocenters. The molecule has 0 spiro atoms. The number of amides is 1. The fourth-order valence-corrected chi connectivity index (χ4v) is 2.07. The molecule has 0 N–H and O–H groups in total. The predicted molar refractivity (Wildman–Crippen MR) is 84.4 cm³/mol. The van der Waals surface area contributed by atoms with Crippen molar-refractivity contribution >= 4 is 5.91 Å². The molecule has 0 aromatic heterocycles. The van der Waals surface area contributed by atoms with Gasteiger partial charge in [0.25, 0.3) is 0 Å². The van der Waals surface area contributed by atoms with Crippen LogP contribution in [0.4, 0.5) is 8.78 Å². The van der Waals surface area contributed by atoms with Crippen molar-refractivity contribution < 1.29 is 13.6 Å². The number of allylic oxidation sites excluding steroid dienone is 1. The smallest absolute Gasteiger partial charge is 0.249 e. The average molecular weight is 310 g/mol. The average Bonchev–Trinajstić information content (AvgIpc) is 2.44. The van der Waals surface area contributed by atoms with Crippen LogP contribution >= 0.6 is 0 Å². The van der Waals surface area contributed by atoms with Crippen LogP contribution in [0.25, 0.3) is 0 Å². The fraction of sp³-hybridized carbons (Fsp3) is 0.471. The molecule has 122 valence electrons. The summed E-state index contributed by atoms with van der Waals surface area (Å²) in [5.41, 5.74) is 0.960. The molecule has 0 saturated carbocycles. The second kappa shape index (κ2) is 8.63. The minimum absolute atomic E-state index is 0.118. The number of hydrogen-bond acceptors (Lipinski definition) is 2. The summed E-state index contributed by atoms with van der Waals surface area (Å²) < 4.78 is 26.8. The second-order valence-electron chi connectivity index (χ2n) is 5.56. The molecule has 0 radical (unpaired) electrons. The standard InChI is InChI=1S/C17H24F2N2O/c1-5-6-13(2)17(22)21(10-9-20(3)4)12-14-7-8-15(18)11-16(14)19/h6-8,11H,5,9-10,12H2,1-4H3/b13-6-. The van der Waals surface area contributed by atoms with Gasteiger partial charge in [-0.3, -0.25) is 4.79 Å². The normalized spacial score (nSPS) is 11.9. The van der Waals surface area contributed by atoms with Gasteiger partial charge in [0.2, 0.25) is 5.91 Å². The molecule has 0 bridgehead atoms. The Bertz CT molecular complexity index is 541. The molecule has 22 heavy (non-hydrogen) atoms. The van der Waals surface area contributed by atoms with Crippen molar-refractivity contribution in [3.05, 3.63) is 47.0 Å². The quantitative estimate of drug-likeness (QED) is 0.722. The number of halogens is 2. The number of rotatable bonds is 7. The van der Waals surface area contributed by atoms with Crippen LogP contribution in [-0.4, -0.2) is 42.9 Å². The van der Waals surface area contributed by atoms with E-state index in [1.165, 1.54) is 12.1 Å². The molecule has 0 fully saturated rings. The van der Waals surface area contributed by atoms with E-state index in [1.54, 1.807) is 11.8 Å². The topological polar surface area (TPSA) is 23.6 Å². The monoisotopic (exact) mass is 310 g/mol. The Balaban J connectivity index is 2.94. The van der Waals surface area contributed by atoms with Gasteiger partial charge in [0, 0.05) is 36.8 Å². The maximum Gasteiger partial charge on any atom is 0.249 e. The minimum atomic E-state index is -0.625. The molecule has 0 saturated heterocycles. The zero-order valence-electron chi connectivity index (χ0n) is 13.7. The largest absolute Gasteiger partial charge is 0.333 e. The third-order valence-corrected chi connectivity index (χ3v) is 3.33. The van der Waals surface area contributed by atoms with Crippen LogP contribution in [0.3, 0.4) is 0 Å². The Morgan fingerprint density at radius 1 is 1.23 bits per heavy atom. The number of carbonyl (C=O) groups excluding carboxylic acids is 1. The van der Waals surface area contributed by atoms with E-state index in [1.807, 2.05) is 32.0 Å². The summed E-state index contributed by atoms with van der Waals surface area (Å²) in [6.45, 7) is 5.01. The molecule has 1 amide bonds. The molecular weight excluding hydrogens is 286 g/mol. The summed E-state index contributed by atoms with van der Waals surface area (Å²) in [5, 5.41) is 0. The van der Waals surface area contributed by atoms with Crippen molar-refractivity contribution in [2.75, 3.05) is 27.2 Å². The van der Waals surface area contributed by atoms with Gasteiger partial charge in [-0.2, -0.15) is 0 Å². The Labute approximate surface area is 131 Å². The van der Waals surface area contributed by atoms with E-state index in [9.17, 15) is 13.6 Å². The van der Waals surface area contributed by atoms with E-state index in [0.29, 0.717) is 24.2 Å². The lowest BCUT2D eigenvalue weighted by atomic mass is 10.1. The van der Waals surface area contributed by atoms with E-state index in [2.05, 4.69) is 0 Å². The van der Waals surface area contributed by atoms with Crippen molar-refractivity contribution in [3.63, 3.8) is 0 Å². The molecule has 1 aromatic rings. The zero-order valence-corrected chi connectivity index (χ0v) is 13.7. The highest BCUT2D eigenvalue weighted by Crippen LogP contribution is 2.14. The first-order valence-corrected chi connectivity index (χ1v) is 7.39. The third-order valence-electron chi connectivity index (χ3n) is 3.33. The summed E-state index contributed by atoms with van der Waals surface area (Å²) in [6.07, 6.45) is 2.62. The second-order valence-corrected chi connectivity index (χ2v) is 5.56. The van der Waals surface area contributed by atoms with Crippen LogP contribution in [0.1, 0.15) is 25.8 Å². The van der Waals surface area contributed by atoms with Gasteiger partial charge in [-0.05, 0) is 33.5 Å². The van der Waals surface area contributed by atoms with Gasteiger partial charge in [-0.25, -0.2) is 8.78 Å². The molecule has 0 aliphatic heterocycles. The fourth-order valence-electron chi connectivity index (χ4n) is 2.07. The number of carbonyl (C=O) groups is 1. The van der Waals surface area contributed by atoms with Crippen molar-refractivity contribution in [3.8, 4) is 0 Å². The highest BCUT2D eigenvalue weighted by molar-refractivity contribution is 5.92. The van der Waals surface area contributed by atoms with Crippen LogP contribution in [0.2, 0.25) is 0 Å². The summed E-state index contributed by atoms with van der Waals surface area (Å²) in [4.78, 5) is 16.0. The van der Waals surface area contributed by atoms with Crippen molar-refractivity contribution in [2.45, 2.75) is 26.8 Å². The maximum atomic E-state index is 13.8. The number of benzene rings is 1. The van der Waals surface area contributed by atoms with Crippen LogP contribution < -0.4 is 0 Å². The van der Waals surface area contributed by atoms with Gasteiger partial charge in [0.05, 0.1) is 0 Å². The SMILES string of the molecule is CC/C=C(/C)C(=O)N(CCN(C)C)Cc1ccc(F)cc1F. The maximum absolute atomic E-state index is 13.8. The van der Waals surface area contributed by atoms with Gasteiger partial charge >= 0.3 is 0 Å². The Hall–Kier alpha value is -1.75. The van der Waals surface area contributed by atoms with Gasteiger partial charge < -0.3 is 9.80 Å². The van der Waals surface area contributed by atoms with Gasteiger partial charge in [-0.1, -0.05) is 19.1 Å². The first-order valence-electron chi connectivity index (χ1n) is 7.39. The van der Waals surface area contributed by atoms with E-state index < -0.39 is 11.6 Å². The number of likely N-dealkylation sites (N-methyl/N-ethyl adjacent to an activating group) is 1. The van der Waals surface area contributed by atoms with Crippen LogP contribution in [0.15, 0.2) is 29.8 Å². The molecule has 1 rings (SSSR count). The van der Waals surface area contributed by atoms with Crippen LogP contribution in [0, 0.1) is 11.6 Å². The highest BCUT2D eigenvalue weighted by Gasteiger charge is 2.17. The van der Waals surface area contributed by atoms with E-state index in [0.717, 1.165) is 12.5 Å². The van der Waals surface area contributed by atoms with Crippen molar-refractivity contribution in [1.82, 2.24) is 9.80 Å². The van der Waals surface area contributed by atoms with Crippen LogP contribution in [-0.2, 0) is 11.3 Å². The Morgan fingerprint density at radius 2 is 1.91 bits per heavy atom. The molecule has 5 heteroatoms. The summed E-state index contributed by atoms with van der Waals surface area (Å²) >= 11 is 0. The van der Waals surface area contributed by atoms with Crippen molar-refractivity contribution in [1.29, 1.82) is 0 Å². The highest BCUT2D eigenvalue weighted by atomic mass is 19.1. The lowest BCUT2D eigenvalue weighted by molar-refractivity contribution is -0.127. The summed E-state index contributed by atoms with van der Waals surface area (Å²) in [6, 6.07) is 3.44. The predicted octanol–water partition coefficient (Wildman–Crippen LogP) is 3.21. The molecule has 1 aromatic carbocycles. The Morgan fingerprint density at radius 3 is 2.45 bits per heavy atom. The Kier molecular flexibility index (Phi) is 7.18. The molecule has 0 heterocycles. The summed E-state index contributed by atoms with van der Waals surface area (Å²) in [5.74, 6) is -1.36. The molecule has 0 atom stereocenters. The lowest BCUT2D eigenvalue weighted by Crippen LogP contribution is -2.37. The lowest BCUT2D eigenvalue weighted by Gasteiger charge is -2.25. The van der Waals surface area contributed by atoms with E-state index >= 15 is 0 Å². The van der Waals surface area contributed by atoms with Gasteiger partial charge in [0.1, 0.15) is 11.6 Å². The molecular formula is C17H24F2N2O. The van der Waals surface area contributed by atoms with E-state index in [-0.39, 0.29) is 12.5 Å². The van der Waals surface area contributed by atoms with Crippen molar-refractivity contribution in [2.24, 2.45) is 0 Å². The summed E-state index contributed by atoms with van der Waals surface area (Å²) in [7, 11) is 3.83. The third kappa shape index (κ3) is 5.56. The molecule has 0 aliphatic rings.